The van der Waals surface area contributed by atoms with Crippen LogP contribution in [0, 0.1) is 13.8 Å². The number of aromatic nitrogens is 2. The summed E-state index contributed by atoms with van der Waals surface area (Å²) in [5.74, 6) is 0.550. The Bertz CT molecular complexity index is 483. The van der Waals surface area contributed by atoms with Gasteiger partial charge in [0.05, 0.1) is 0 Å². The van der Waals surface area contributed by atoms with Gasteiger partial charge in [-0.05, 0) is 37.1 Å². The number of H-pyrrole nitrogens is 1. The fourth-order valence-corrected chi connectivity index (χ4v) is 2.01. The third-order valence-corrected chi connectivity index (χ3v) is 2.94. The van der Waals surface area contributed by atoms with Crippen molar-refractivity contribution < 1.29 is 0 Å². The van der Waals surface area contributed by atoms with Crippen LogP contribution < -0.4 is 5.73 Å². The Labute approximate surface area is 96.8 Å². The Morgan fingerprint density at radius 1 is 1.33 bits per heavy atom. The van der Waals surface area contributed by atoms with Crippen molar-refractivity contribution in [3.05, 3.63) is 33.9 Å². The topological polar surface area (TPSA) is 54.7 Å². The van der Waals surface area contributed by atoms with E-state index in [2.05, 4.69) is 45.2 Å². The molecule has 0 saturated heterocycles. The Morgan fingerprint density at radius 3 is 2.67 bits per heavy atom. The van der Waals surface area contributed by atoms with Gasteiger partial charge in [0.15, 0.2) is 5.82 Å². The van der Waals surface area contributed by atoms with E-state index in [-0.39, 0.29) is 0 Å². The lowest BCUT2D eigenvalue weighted by Crippen LogP contribution is -1.90. The van der Waals surface area contributed by atoms with Gasteiger partial charge in [-0.3, -0.25) is 5.10 Å². The summed E-state index contributed by atoms with van der Waals surface area (Å²) in [6.07, 6.45) is 0. The molecule has 4 heteroatoms. The van der Waals surface area contributed by atoms with Crippen LogP contribution in [0.3, 0.4) is 0 Å². The number of anilines is 1. The summed E-state index contributed by atoms with van der Waals surface area (Å²) in [5, 5.41) is 6.89. The van der Waals surface area contributed by atoms with E-state index in [0.717, 1.165) is 21.3 Å². The first-order chi connectivity index (χ1) is 7.09. The van der Waals surface area contributed by atoms with Gasteiger partial charge in [0, 0.05) is 15.7 Å². The molecular formula is C11H12BrN3. The maximum Gasteiger partial charge on any atom is 0.153 e. The lowest BCUT2D eigenvalue weighted by Gasteiger charge is -2.06. The molecule has 2 aromatic rings. The molecule has 0 bridgehead atoms. The molecule has 3 nitrogen and oxygen atoms in total. The predicted molar refractivity (Wildman–Crippen MR) is 65.6 cm³/mol. The number of nitrogens with zero attached hydrogens (tertiary/aromatic N) is 1. The second kappa shape index (κ2) is 3.70. The van der Waals surface area contributed by atoms with E-state index in [1.807, 2.05) is 13.0 Å². The summed E-state index contributed by atoms with van der Waals surface area (Å²) >= 11 is 3.46. The van der Waals surface area contributed by atoms with Crippen molar-refractivity contribution in [3.8, 4) is 11.1 Å². The van der Waals surface area contributed by atoms with Gasteiger partial charge in [-0.2, -0.15) is 5.10 Å². The van der Waals surface area contributed by atoms with Crippen molar-refractivity contribution in [3.63, 3.8) is 0 Å². The van der Waals surface area contributed by atoms with Crippen molar-refractivity contribution in [2.75, 3.05) is 5.73 Å². The summed E-state index contributed by atoms with van der Waals surface area (Å²) < 4.78 is 1.04. The number of benzene rings is 1. The van der Waals surface area contributed by atoms with Crippen LogP contribution in [0.5, 0.6) is 0 Å². The van der Waals surface area contributed by atoms with Crippen molar-refractivity contribution in [2.24, 2.45) is 0 Å². The predicted octanol–water partition coefficient (Wildman–Crippen LogP) is 3.04. The van der Waals surface area contributed by atoms with E-state index in [0.29, 0.717) is 5.82 Å². The van der Waals surface area contributed by atoms with Crippen LogP contribution >= 0.6 is 15.9 Å². The number of nitrogen functional groups attached to an aromatic ring is 1. The van der Waals surface area contributed by atoms with Crippen LogP contribution in [0.25, 0.3) is 11.1 Å². The quantitative estimate of drug-likeness (QED) is 0.833. The molecule has 3 N–H and O–H groups in total. The molecule has 0 atom stereocenters. The average Bonchev–Trinajstić information content (AvgIpc) is 2.51. The highest BCUT2D eigenvalue weighted by Crippen LogP contribution is 2.32. The van der Waals surface area contributed by atoms with Crippen molar-refractivity contribution in [2.45, 2.75) is 13.8 Å². The number of hydrogen-bond acceptors (Lipinski definition) is 2. The van der Waals surface area contributed by atoms with Crippen LogP contribution in [-0.4, -0.2) is 10.2 Å². The molecule has 0 amide bonds. The Balaban J connectivity index is 2.68. The zero-order valence-electron chi connectivity index (χ0n) is 8.63. The van der Waals surface area contributed by atoms with E-state index in [9.17, 15) is 0 Å². The molecule has 0 spiro atoms. The zero-order valence-corrected chi connectivity index (χ0v) is 10.2. The SMILES string of the molecule is Cc1ccc(Br)cc1-c1c(N)n[nH]c1C. The first-order valence-electron chi connectivity index (χ1n) is 4.66. The number of aromatic amines is 1. The van der Waals surface area contributed by atoms with Crippen LogP contribution in [0.15, 0.2) is 22.7 Å². The molecule has 15 heavy (non-hydrogen) atoms. The molecule has 0 aliphatic carbocycles. The molecule has 0 aliphatic heterocycles. The van der Waals surface area contributed by atoms with Crippen molar-refractivity contribution in [1.82, 2.24) is 10.2 Å². The Morgan fingerprint density at radius 2 is 2.07 bits per heavy atom. The lowest BCUT2D eigenvalue weighted by molar-refractivity contribution is 1.05. The van der Waals surface area contributed by atoms with Gasteiger partial charge >= 0.3 is 0 Å². The van der Waals surface area contributed by atoms with Gasteiger partial charge in [0.2, 0.25) is 0 Å². The highest BCUT2D eigenvalue weighted by Gasteiger charge is 2.12. The van der Waals surface area contributed by atoms with Crippen LogP contribution in [-0.2, 0) is 0 Å². The van der Waals surface area contributed by atoms with Crippen LogP contribution in [0.1, 0.15) is 11.3 Å². The molecule has 1 heterocycles. The molecular weight excluding hydrogens is 254 g/mol. The number of halogens is 1. The number of rotatable bonds is 1. The first-order valence-corrected chi connectivity index (χ1v) is 5.46. The number of nitrogens with two attached hydrogens (primary N) is 1. The Kier molecular flexibility index (Phi) is 2.52. The van der Waals surface area contributed by atoms with E-state index in [4.69, 9.17) is 5.73 Å². The standard InChI is InChI=1S/C11H12BrN3/c1-6-3-4-8(12)5-9(6)10-7(2)14-15-11(10)13/h3-5H,1-2H3,(H3,13,14,15). The minimum absolute atomic E-state index is 0.550. The summed E-state index contributed by atoms with van der Waals surface area (Å²) in [6.45, 7) is 4.03. The number of nitrogens with one attached hydrogen (secondary N) is 1. The van der Waals surface area contributed by atoms with Gasteiger partial charge in [-0.1, -0.05) is 22.0 Å². The molecule has 0 unspecified atom stereocenters. The van der Waals surface area contributed by atoms with E-state index in [1.165, 1.54) is 5.56 Å². The highest BCUT2D eigenvalue weighted by atomic mass is 79.9. The molecule has 78 valence electrons. The van der Waals surface area contributed by atoms with E-state index in [1.54, 1.807) is 0 Å². The number of hydrogen-bond donors (Lipinski definition) is 2. The second-order valence-corrected chi connectivity index (χ2v) is 4.48. The first kappa shape index (κ1) is 10.2. The highest BCUT2D eigenvalue weighted by molar-refractivity contribution is 9.10. The fourth-order valence-electron chi connectivity index (χ4n) is 1.65. The lowest BCUT2D eigenvalue weighted by atomic mass is 10.0. The minimum Gasteiger partial charge on any atom is -0.382 e. The summed E-state index contributed by atoms with van der Waals surface area (Å²) in [7, 11) is 0. The van der Waals surface area contributed by atoms with Crippen molar-refractivity contribution in [1.29, 1.82) is 0 Å². The molecule has 2 rings (SSSR count). The third-order valence-electron chi connectivity index (χ3n) is 2.44. The summed E-state index contributed by atoms with van der Waals surface area (Å²) in [4.78, 5) is 0. The van der Waals surface area contributed by atoms with Crippen LogP contribution in [0.2, 0.25) is 0 Å². The molecule has 1 aromatic heterocycles. The molecule has 0 saturated carbocycles. The second-order valence-electron chi connectivity index (χ2n) is 3.57. The van der Waals surface area contributed by atoms with E-state index >= 15 is 0 Å². The smallest absolute Gasteiger partial charge is 0.153 e. The van der Waals surface area contributed by atoms with Gasteiger partial charge in [0.25, 0.3) is 0 Å². The Hall–Kier alpha value is -1.29. The average molecular weight is 266 g/mol. The van der Waals surface area contributed by atoms with Gasteiger partial charge < -0.3 is 5.73 Å². The van der Waals surface area contributed by atoms with Gasteiger partial charge in [-0.15, -0.1) is 0 Å². The fraction of sp³-hybridized carbons (Fsp3) is 0.182. The normalized spacial score (nSPS) is 10.6. The molecule has 0 aliphatic rings. The molecule has 0 fully saturated rings. The molecule has 0 radical (unpaired) electrons. The third kappa shape index (κ3) is 1.77. The van der Waals surface area contributed by atoms with Gasteiger partial charge in [0.1, 0.15) is 0 Å². The summed E-state index contributed by atoms with van der Waals surface area (Å²) in [6, 6.07) is 6.14. The largest absolute Gasteiger partial charge is 0.382 e. The maximum absolute atomic E-state index is 5.83. The van der Waals surface area contributed by atoms with Crippen LogP contribution in [0.4, 0.5) is 5.82 Å². The zero-order chi connectivity index (χ0) is 11.0. The summed E-state index contributed by atoms with van der Waals surface area (Å²) in [5.41, 5.74) is 10.1. The van der Waals surface area contributed by atoms with Gasteiger partial charge in [-0.25, -0.2) is 0 Å². The van der Waals surface area contributed by atoms with Crippen molar-refractivity contribution >= 4 is 21.7 Å². The maximum atomic E-state index is 5.83. The minimum atomic E-state index is 0.550. The van der Waals surface area contributed by atoms with E-state index < -0.39 is 0 Å². The molecule has 1 aromatic carbocycles. The monoisotopic (exact) mass is 265 g/mol. The number of aryl methyl sites for hydroxylation is 2.